The van der Waals surface area contributed by atoms with Crippen LogP contribution in [0.4, 0.5) is 4.39 Å². The molecular formula is C67H66FN. The molecule has 0 saturated carbocycles. The standard InChI is InChI=1S/C67H66FN/c1-64(2,3)55-24-16-43(17-25-55)47-34-48(44-18-26-56(27-19-44)65(4,5)6)37-51(36-47)52-40-54(42-59(68)41-52)63-62-15-13-14-60(61(62)32-33-69-63)53-38-49(45-20-28-57(29-21-45)66(7,8)9)35-50(39-53)46-22-30-58(31-23-46)67(10,11)12/h13-42H,1-12H3. The molecule has 1 heterocycles. The second-order valence-electron chi connectivity index (χ2n) is 23.2. The highest BCUT2D eigenvalue weighted by atomic mass is 19.1. The molecule has 2 heteroatoms. The van der Waals surface area contributed by atoms with Gasteiger partial charge in [0.2, 0.25) is 0 Å². The Kier molecular flexibility index (Phi) is 12.2. The molecule has 0 N–H and O–H groups in total. The molecule has 1 nitrogen and oxygen atoms in total. The van der Waals surface area contributed by atoms with Gasteiger partial charge >= 0.3 is 0 Å². The van der Waals surface area contributed by atoms with Crippen LogP contribution in [0.1, 0.15) is 105 Å². The van der Waals surface area contributed by atoms with Crippen LogP contribution in [0.25, 0.3) is 88.8 Å². The van der Waals surface area contributed by atoms with Crippen LogP contribution in [-0.4, -0.2) is 4.98 Å². The molecule has 0 amide bonds. The Balaban J connectivity index is 1.17. The van der Waals surface area contributed by atoms with Crippen molar-refractivity contribution in [3.05, 3.63) is 210 Å². The molecule has 0 aliphatic heterocycles. The van der Waals surface area contributed by atoms with Gasteiger partial charge in [-0.25, -0.2) is 4.39 Å². The predicted octanol–water partition coefficient (Wildman–Crippen LogP) is 19.2. The Labute approximate surface area is 411 Å². The highest BCUT2D eigenvalue weighted by molar-refractivity contribution is 6.04. The second kappa shape index (κ2) is 17.9. The van der Waals surface area contributed by atoms with Gasteiger partial charge < -0.3 is 0 Å². The number of nitrogens with zero attached hydrogens (tertiary/aromatic N) is 1. The van der Waals surface area contributed by atoms with E-state index in [0.717, 1.165) is 77.7 Å². The Hall–Kier alpha value is -6.90. The average molecular weight is 904 g/mol. The average Bonchev–Trinajstić information content (AvgIpc) is 3.32. The highest BCUT2D eigenvalue weighted by Crippen LogP contribution is 2.41. The highest BCUT2D eigenvalue weighted by Gasteiger charge is 2.20. The van der Waals surface area contributed by atoms with Crippen LogP contribution >= 0.6 is 0 Å². The summed E-state index contributed by atoms with van der Waals surface area (Å²) in [4.78, 5) is 4.99. The monoisotopic (exact) mass is 904 g/mol. The fourth-order valence-electron chi connectivity index (χ4n) is 9.48. The molecule has 8 aromatic carbocycles. The van der Waals surface area contributed by atoms with Crippen LogP contribution in [0, 0.1) is 5.82 Å². The van der Waals surface area contributed by atoms with Gasteiger partial charge in [0.15, 0.2) is 0 Å². The van der Waals surface area contributed by atoms with E-state index in [1.807, 2.05) is 6.20 Å². The van der Waals surface area contributed by atoms with Gasteiger partial charge in [-0.15, -0.1) is 0 Å². The van der Waals surface area contributed by atoms with Gasteiger partial charge in [0.1, 0.15) is 5.82 Å². The molecular weight excluding hydrogens is 838 g/mol. The molecule has 0 bridgehead atoms. The maximum absolute atomic E-state index is 16.3. The zero-order valence-electron chi connectivity index (χ0n) is 42.6. The summed E-state index contributed by atoms with van der Waals surface area (Å²) in [6.07, 6.45) is 1.87. The summed E-state index contributed by atoms with van der Waals surface area (Å²) in [7, 11) is 0. The minimum absolute atomic E-state index is 0.0412. The molecule has 0 spiro atoms. The first kappa shape index (κ1) is 47.2. The smallest absolute Gasteiger partial charge is 0.124 e. The summed E-state index contributed by atoms with van der Waals surface area (Å²) in [5, 5.41) is 2.03. The normalized spacial score (nSPS) is 12.4. The fourth-order valence-corrected chi connectivity index (χ4v) is 9.48. The Morgan fingerprint density at radius 1 is 0.290 bits per heavy atom. The van der Waals surface area contributed by atoms with Crippen molar-refractivity contribution in [2.45, 2.75) is 105 Å². The molecule has 0 aliphatic carbocycles. The first-order chi connectivity index (χ1) is 32.6. The summed E-state index contributed by atoms with van der Waals surface area (Å²) in [5.41, 5.74) is 19.9. The molecule has 346 valence electrons. The lowest BCUT2D eigenvalue weighted by molar-refractivity contribution is 0.590. The van der Waals surface area contributed by atoms with E-state index in [1.165, 1.54) is 33.4 Å². The van der Waals surface area contributed by atoms with Crippen molar-refractivity contribution in [3.63, 3.8) is 0 Å². The van der Waals surface area contributed by atoms with Crippen molar-refractivity contribution in [2.75, 3.05) is 0 Å². The molecule has 0 saturated heterocycles. The number of halogens is 1. The van der Waals surface area contributed by atoms with Crippen molar-refractivity contribution in [1.82, 2.24) is 4.98 Å². The molecule has 0 unspecified atom stereocenters. The molecule has 9 rings (SSSR count). The van der Waals surface area contributed by atoms with E-state index in [-0.39, 0.29) is 27.5 Å². The van der Waals surface area contributed by atoms with Crippen LogP contribution in [0.15, 0.2) is 182 Å². The van der Waals surface area contributed by atoms with E-state index in [0.29, 0.717) is 0 Å². The summed E-state index contributed by atoms with van der Waals surface area (Å²) in [6.45, 7) is 27.0. The van der Waals surface area contributed by atoms with Crippen molar-refractivity contribution < 1.29 is 4.39 Å². The van der Waals surface area contributed by atoms with Gasteiger partial charge in [0.05, 0.1) is 5.69 Å². The third-order valence-corrected chi connectivity index (χ3v) is 13.8. The molecule has 0 atom stereocenters. The Bertz CT molecular complexity index is 3150. The number of rotatable bonds is 7. The third-order valence-electron chi connectivity index (χ3n) is 13.8. The molecule has 0 aliphatic rings. The van der Waals surface area contributed by atoms with E-state index in [4.69, 9.17) is 4.98 Å². The minimum atomic E-state index is -0.305. The zero-order chi connectivity index (χ0) is 49.0. The Morgan fingerprint density at radius 2 is 0.594 bits per heavy atom. The largest absolute Gasteiger partial charge is 0.256 e. The quantitative estimate of drug-likeness (QED) is 0.155. The van der Waals surface area contributed by atoms with Gasteiger partial charge in [-0.05, 0) is 177 Å². The Morgan fingerprint density at radius 3 is 0.957 bits per heavy atom. The van der Waals surface area contributed by atoms with Crippen LogP contribution in [0.2, 0.25) is 0 Å². The lowest BCUT2D eigenvalue weighted by atomic mass is 9.85. The predicted molar refractivity (Wildman–Crippen MR) is 295 cm³/mol. The van der Waals surface area contributed by atoms with E-state index in [1.54, 1.807) is 12.1 Å². The third kappa shape index (κ3) is 10.1. The number of fused-ring (bicyclic) bond motifs is 1. The SMILES string of the molecule is CC(C)(C)c1ccc(-c2cc(-c3ccc(C(C)(C)C)cc3)cc(-c3cc(F)cc(-c4nccc5c(-c6cc(-c7ccc(C(C)(C)C)cc7)cc(-c7ccc(C(C)(C)C)cc7)c6)cccc45)c3)c2)cc1. The van der Waals surface area contributed by atoms with Gasteiger partial charge in [-0.3, -0.25) is 4.98 Å². The fraction of sp³-hybridized carbons (Fsp3) is 0.239. The number of pyridine rings is 1. The zero-order valence-corrected chi connectivity index (χ0v) is 42.6. The molecule has 0 radical (unpaired) electrons. The van der Waals surface area contributed by atoms with Crippen LogP contribution < -0.4 is 0 Å². The number of aromatic nitrogens is 1. The van der Waals surface area contributed by atoms with E-state index in [2.05, 4.69) is 247 Å². The first-order valence-corrected chi connectivity index (χ1v) is 24.5. The number of benzene rings is 8. The van der Waals surface area contributed by atoms with Gasteiger partial charge in [0.25, 0.3) is 0 Å². The molecule has 9 aromatic rings. The number of hydrogen-bond acceptors (Lipinski definition) is 1. The van der Waals surface area contributed by atoms with E-state index in [9.17, 15) is 0 Å². The maximum Gasteiger partial charge on any atom is 0.124 e. The van der Waals surface area contributed by atoms with E-state index < -0.39 is 0 Å². The van der Waals surface area contributed by atoms with Crippen molar-refractivity contribution in [3.8, 4) is 78.0 Å². The van der Waals surface area contributed by atoms with Crippen molar-refractivity contribution in [1.29, 1.82) is 0 Å². The first-order valence-electron chi connectivity index (χ1n) is 24.5. The summed E-state index contributed by atoms with van der Waals surface area (Å²) < 4.78 is 16.3. The number of hydrogen-bond donors (Lipinski definition) is 0. The second-order valence-corrected chi connectivity index (χ2v) is 23.2. The van der Waals surface area contributed by atoms with Crippen molar-refractivity contribution in [2.24, 2.45) is 0 Å². The van der Waals surface area contributed by atoms with Gasteiger partial charge in [0, 0.05) is 17.1 Å². The van der Waals surface area contributed by atoms with Crippen LogP contribution in [0.3, 0.4) is 0 Å². The summed E-state index contributed by atoms with van der Waals surface area (Å²) in [6, 6.07) is 63.3. The van der Waals surface area contributed by atoms with Crippen molar-refractivity contribution >= 4 is 10.8 Å². The summed E-state index contributed by atoms with van der Waals surface area (Å²) >= 11 is 0. The lowest BCUT2D eigenvalue weighted by Gasteiger charge is -2.20. The molecule has 1 aromatic heterocycles. The van der Waals surface area contributed by atoms with Crippen LogP contribution in [0.5, 0.6) is 0 Å². The topological polar surface area (TPSA) is 12.9 Å². The lowest BCUT2D eigenvalue weighted by Crippen LogP contribution is -2.10. The van der Waals surface area contributed by atoms with Gasteiger partial charge in [-0.1, -0.05) is 198 Å². The maximum atomic E-state index is 16.3. The van der Waals surface area contributed by atoms with Crippen LogP contribution in [-0.2, 0) is 21.7 Å². The van der Waals surface area contributed by atoms with E-state index >= 15 is 4.39 Å². The molecule has 0 fully saturated rings. The van der Waals surface area contributed by atoms with Gasteiger partial charge in [-0.2, -0.15) is 0 Å². The molecule has 69 heavy (non-hydrogen) atoms. The summed E-state index contributed by atoms with van der Waals surface area (Å²) in [5.74, 6) is -0.305. The minimum Gasteiger partial charge on any atom is -0.256 e.